The number of benzene rings is 2. The molecule has 25 heavy (non-hydrogen) atoms. The molecule has 3 aromatic rings. The summed E-state index contributed by atoms with van der Waals surface area (Å²) in [6.45, 7) is 2.09. The molecule has 0 aliphatic carbocycles. The molecule has 0 bridgehead atoms. The Balaban J connectivity index is 1.57. The van der Waals surface area contributed by atoms with Gasteiger partial charge >= 0.3 is 6.09 Å². The van der Waals surface area contributed by atoms with E-state index in [1.807, 2.05) is 61.5 Å². The summed E-state index contributed by atoms with van der Waals surface area (Å²) in [5.74, 6) is 0.676. The average Bonchev–Trinajstić information content (AvgIpc) is 3.12. The highest BCUT2D eigenvalue weighted by Gasteiger charge is 2.14. The van der Waals surface area contributed by atoms with Gasteiger partial charge in [-0.25, -0.2) is 9.78 Å². The van der Waals surface area contributed by atoms with Crippen molar-refractivity contribution in [3.8, 4) is 11.3 Å². The van der Waals surface area contributed by atoms with E-state index in [9.17, 15) is 4.79 Å². The van der Waals surface area contributed by atoms with Crippen molar-refractivity contribution in [1.82, 2.24) is 15.3 Å². The van der Waals surface area contributed by atoms with Crippen molar-refractivity contribution in [2.24, 2.45) is 0 Å². The van der Waals surface area contributed by atoms with Crippen LogP contribution in [0.3, 0.4) is 0 Å². The number of nitrogens with one attached hydrogen (secondary N) is 2. The first-order chi connectivity index (χ1) is 12.1. The van der Waals surface area contributed by atoms with Gasteiger partial charge in [-0.2, -0.15) is 0 Å². The number of hydrogen-bond acceptors (Lipinski definition) is 3. The van der Waals surface area contributed by atoms with Gasteiger partial charge in [-0.3, -0.25) is 0 Å². The summed E-state index contributed by atoms with van der Waals surface area (Å²) in [6, 6.07) is 17.2. The number of hydrogen-bond donors (Lipinski definition) is 2. The molecule has 2 aromatic carbocycles. The Morgan fingerprint density at radius 2 is 1.92 bits per heavy atom. The summed E-state index contributed by atoms with van der Waals surface area (Å²) in [5.41, 5.74) is 2.87. The first kappa shape index (κ1) is 17.2. The SMILES string of the molecule is CC(NC(=O)OCc1ccccc1)c1ncc(-c2ccc(Br)cc2)[nH]1. The van der Waals surface area contributed by atoms with Crippen LogP contribution in [0, 0.1) is 0 Å². The number of carbonyl (C=O) groups is 1. The monoisotopic (exact) mass is 399 g/mol. The third-order valence-electron chi connectivity index (χ3n) is 3.71. The molecule has 1 amide bonds. The van der Waals surface area contributed by atoms with Crippen LogP contribution in [0.2, 0.25) is 0 Å². The average molecular weight is 400 g/mol. The van der Waals surface area contributed by atoms with Gasteiger partial charge in [0.25, 0.3) is 0 Å². The maximum atomic E-state index is 11.9. The topological polar surface area (TPSA) is 67.0 Å². The zero-order chi connectivity index (χ0) is 17.6. The highest BCUT2D eigenvalue weighted by atomic mass is 79.9. The van der Waals surface area contributed by atoms with Gasteiger partial charge in [-0.1, -0.05) is 58.4 Å². The molecule has 1 unspecified atom stereocenters. The molecule has 2 N–H and O–H groups in total. The molecule has 0 aliphatic rings. The fourth-order valence-electron chi connectivity index (χ4n) is 2.34. The predicted molar refractivity (Wildman–Crippen MR) is 99.9 cm³/mol. The molecular weight excluding hydrogens is 382 g/mol. The highest BCUT2D eigenvalue weighted by Crippen LogP contribution is 2.21. The minimum absolute atomic E-state index is 0.238. The van der Waals surface area contributed by atoms with Gasteiger partial charge in [-0.15, -0.1) is 0 Å². The summed E-state index contributed by atoms with van der Waals surface area (Å²) < 4.78 is 6.25. The van der Waals surface area contributed by atoms with Crippen LogP contribution < -0.4 is 5.32 Å². The lowest BCUT2D eigenvalue weighted by Gasteiger charge is -2.12. The standard InChI is InChI=1S/C19H18BrN3O2/c1-13(22-19(24)25-12-14-5-3-2-4-6-14)18-21-11-17(23-18)15-7-9-16(20)10-8-15/h2-11,13H,12H2,1H3,(H,21,23)(H,22,24). The number of H-pyrrole nitrogens is 1. The molecular formula is C19H18BrN3O2. The second kappa shape index (κ2) is 7.98. The van der Waals surface area contributed by atoms with E-state index in [1.54, 1.807) is 6.20 Å². The van der Waals surface area contributed by atoms with Crippen LogP contribution >= 0.6 is 15.9 Å². The van der Waals surface area contributed by atoms with Crippen LogP contribution in [0.1, 0.15) is 24.4 Å². The molecule has 1 atom stereocenters. The Hall–Kier alpha value is -2.60. The van der Waals surface area contributed by atoms with Gasteiger partial charge in [0.15, 0.2) is 0 Å². The third-order valence-corrected chi connectivity index (χ3v) is 4.24. The molecule has 1 heterocycles. The van der Waals surface area contributed by atoms with Gasteiger partial charge in [-0.05, 0) is 30.2 Å². The van der Waals surface area contributed by atoms with E-state index >= 15 is 0 Å². The fourth-order valence-corrected chi connectivity index (χ4v) is 2.61. The zero-order valence-corrected chi connectivity index (χ0v) is 15.3. The summed E-state index contributed by atoms with van der Waals surface area (Å²) >= 11 is 3.42. The first-order valence-electron chi connectivity index (χ1n) is 7.90. The van der Waals surface area contributed by atoms with Crippen molar-refractivity contribution in [3.05, 3.63) is 76.7 Å². The van der Waals surface area contributed by atoms with E-state index < -0.39 is 6.09 Å². The Labute approximate surface area is 154 Å². The Morgan fingerprint density at radius 1 is 1.20 bits per heavy atom. The van der Waals surface area contributed by atoms with Crippen LogP contribution in [-0.4, -0.2) is 16.1 Å². The van der Waals surface area contributed by atoms with Gasteiger partial charge < -0.3 is 15.0 Å². The maximum absolute atomic E-state index is 11.9. The second-order valence-electron chi connectivity index (χ2n) is 5.62. The van der Waals surface area contributed by atoms with Gasteiger partial charge in [0.2, 0.25) is 0 Å². The van der Waals surface area contributed by atoms with E-state index in [0.717, 1.165) is 21.3 Å². The van der Waals surface area contributed by atoms with Crippen molar-refractivity contribution in [1.29, 1.82) is 0 Å². The molecule has 0 spiro atoms. The summed E-state index contributed by atoms with van der Waals surface area (Å²) in [7, 11) is 0. The molecule has 0 radical (unpaired) electrons. The van der Waals surface area contributed by atoms with Crippen molar-refractivity contribution < 1.29 is 9.53 Å². The molecule has 128 valence electrons. The highest BCUT2D eigenvalue weighted by molar-refractivity contribution is 9.10. The van der Waals surface area contributed by atoms with E-state index in [0.29, 0.717) is 5.82 Å². The normalized spacial score (nSPS) is 11.8. The number of amides is 1. The molecule has 0 saturated carbocycles. The number of aromatic nitrogens is 2. The summed E-state index contributed by atoms with van der Waals surface area (Å²) in [5, 5.41) is 2.78. The smallest absolute Gasteiger partial charge is 0.408 e. The number of alkyl carbamates (subject to hydrolysis) is 1. The minimum Gasteiger partial charge on any atom is -0.445 e. The van der Waals surface area contributed by atoms with Crippen molar-refractivity contribution in [2.75, 3.05) is 0 Å². The molecule has 6 heteroatoms. The number of aromatic amines is 1. The molecule has 0 saturated heterocycles. The molecule has 1 aromatic heterocycles. The molecule has 0 fully saturated rings. The van der Waals surface area contributed by atoms with Crippen molar-refractivity contribution >= 4 is 22.0 Å². The lowest BCUT2D eigenvalue weighted by atomic mass is 10.2. The Morgan fingerprint density at radius 3 is 2.64 bits per heavy atom. The van der Waals surface area contributed by atoms with Gasteiger partial charge in [0.05, 0.1) is 17.9 Å². The number of ether oxygens (including phenoxy) is 1. The lowest BCUT2D eigenvalue weighted by Crippen LogP contribution is -2.27. The van der Waals surface area contributed by atoms with Crippen LogP contribution in [-0.2, 0) is 11.3 Å². The zero-order valence-electron chi connectivity index (χ0n) is 13.7. The number of carbonyl (C=O) groups excluding carboxylic acids is 1. The lowest BCUT2D eigenvalue weighted by molar-refractivity contribution is 0.136. The van der Waals surface area contributed by atoms with E-state index in [2.05, 4.69) is 31.2 Å². The second-order valence-corrected chi connectivity index (χ2v) is 6.53. The maximum Gasteiger partial charge on any atom is 0.408 e. The van der Waals surface area contributed by atoms with Crippen LogP contribution in [0.4, 0.5) is 4.79 Å². The Bertz CT molecular complexity index is 831. The van der Waals surface area contributed by atoms with E-state index in [-0.39, 0.29) is 12.6 Å². The minimum atomic E-state index is -0.474. The predicted octanol–water partition coefficient (Wildman–Crippen LogP) is 4.83. The largest absolute Gasteiger partial charge is 0.445 e. The van der Waals surface area contributed by atoms with Gasteiger partial charge in [0.1, 0.15) is 12.4 Å². The first-order valence-corrected chi connectivity index (χ1v) is 8.69. The third kappa shape index (κ3) is 4.70. The van der Waals surface area contributed by atoms with Crippen LogP contribution in [0.5, 0.6) is 0 Å². The van der Waals surface area contributed by atoms with Crippen molar-refractivity contribution in [3.63, 3.8) is 0 Å². The number of rotatable bonds is 5. The van der Waals surface area contributed by atoms with Crippen LogP contribution in [0.15, 0.2) is 65.3 Å². The Kier molecular flexibility index (Phi) is 5.50. The quantitative estimate of drug-likeness (QED) is 0.645. The summed E-state index contributed by atoms with van der Waals surface area (Å²) in [6.07, 6.45) is 1.28. The number of imidazole rings is 1. The molecule has 5 nitrogen and oxygen atoms in total. The molecule has 0 aliphatic heterocycles. The van der Waals surface area contributed by atoms with Gasteiger partial charge in [0, 0.05) is 4.47 Å². The van der Waals surface area contributed by atoms with E-state index in [4.69, 9.17) is 4.74 Å². The summed E-state index contributed by atoms with van der Waals surface area (Å²) in [4.78, 5) is 19.5. The molecule has 3 rings (SSSR count). The van der Waals surface area contributed by atoms with Crippen molar-refractivity contribution in [2.45, 2.75) is 19.6 Å². The van der Waals surface area contributed by atoms with E-state index in [1.165, 1.54) is 0 Å². The fraction of sp³-hybridized carbons (Fsp3) is 0.158. The number of halogens is 1. The van der Waals surface area contributed by atoms with Crippen LogP contribution in [0.25, 0.3) is 11.3 Å². The number of nitrogens with zero attached hydrogens (tertiary/aromatic N) is 1.